The van der Waals surface area contributed by atoms with Gasteiger partial charge < -0.3 is 10.2 Å². The van der Waals surface area contributed by atoms with Gasteiger partial charge in [0.15, 0.2) is 5.78 Å². The third-order valence-corrected chi connectivity index (χ3v) is 3.36. The number of amides is 1. The zero-order chi connectivity index (χ0) is 13.0. The number of hydrogen-bond acceptors (Lipinski definition) is 3. The van der Waals surface area contributed by atoms with Gasteiger partial charge in [-0.15, -0.1) is 0 Å². The number of hydrogen-bond donors (Lipinski definition) is 1. The molecule has 17 heavy (non-hydrogen) atoms. The normalized spacial score (nSPS) is 21.9. The monoisotopic (exact) mass is 240 g/mol. The highest BCUT2D eigenvalue weighted by Crippen LogP contribution is 2.20. The molecule has 1 N–H and O–H groups in total. The summed E-state index contributed by atoms with van der Waals surface area (Å²) in [5, 5.41) is 3.07. The fraction of sp³-hybridized carbons (Fsp3) is 0.846. The molecule has 0 saturated carbocycles. The van der Waals surface area contributed by atoms with Crippen LogP contribution in [-0.2, 0) is 9.59 Å². The fourth-order valence-corrected chi connectivity index (χ4v) is 2.47. The van der Waals surface area contributed by atoms with E-state index in [1.165, 1.54) is 0 Å². The van der Waals surface area contributed by atoms with Gasteiger partial charge in [0.05, 0.1) is 12.1 Å². The number of rotatable bonds is 5. The van der Waals surface area contributed by atoms with E-state index in [-0.39, 0.29) is 23.8 Å². The van der Waals surface area contributed by atoms with Crippen molar-refractivity contribution in [3.8, 4) is 0 Å². The molecule has 0 unspecified atom stereocenters. The summed E-state index contributed by atoms with van der Waals surface area (Å²) in [5.74, 6) is 0.656. The predicted octanol–water partition coefficient (Wildman–Crippen LogP) is 1.20. The molecule has 1 amide bonds. The second-order valence-corrected chi connectivity index (χ2v) is 5.27. The molecular formula is C13H24N2O2. The summed E-state index contributed by atoms with van der Waals surface area (Å²) in [5.41, 5.74) is 0. The van der Waals surface area contributed by atoms with Gasteiger partial charge >= 0.3 is 0 Å². The van der Waals surface area contributed by atoms with Crippen LogP contribution in [0.3, 0.4) is 0 Å². The maximum absolute atomic E-state index is 12.3. The van der Waals surface area contributed by atoms with Crippen LogP contribution in [-0.4, -0.2) is 42.3 Å². The van der Waals surface area contributed by atoms with Crippen molar-refractivity contribution in [1.29, 1.82) is 0 Å². The van der Waals surface area contributed by atoms with Gasteiger partial charge in [-0.2, -0.15) is 0 Å². The summed E-state index contributed by atoms with van der Waals surface area (Å²) in [7, 11) is 1.81. The molecule has 4 heteroatoms. The Balaban J connectivity index is 2.69. The highest BCUT2D eigenvalue weighted by molar-refractivity contribution is 5.90. The Kier molecular flexibility index (Phi) is 5.12. The van der Waals surface area contributed by atoms with Crippen molar-refractivity contribution in [3.63, 3.8) is 0 Å². The lowest BCUT2D eigenvalue weighted by Crippen LogP contribution is -2.49. The van der Waals surface area contributed by atoms with E-state index in [0.717, 1.165) is 25.8 Å². The van der Waals surface area contributed by atoms with Crippen LogP contribution in [0, 0.1) is 5.92 Å². The van der Waals surface area contributed by atoms with Crippen molar-refractivity contribution in [2.45, 2.75) is 52.1 Å². The molecule has 1 rings (SSSR count). The molecule has 0 aliphatic carbocycles. The lowest BCUT2D eigenvalue weighted by atomic mass is 10.0. The van der Waals surface area contributed by atoms with Gasteiger partial charge in [-0.1, -0.05) is 13.8 Å². The lowest BCUT2D eigenvalue weighted by molar-refractivity contribution is -0.138. The Morgan fingerprint density at radius 2 is 2.06 bits per heavy atom. The maximum Gasteiger partial charge on any atom is 0.240 e. The van der Waals surface area contributed by atoms with Crippen LogP contribution in [0.2, 0.25) is 0 Å². The third kappa shape index (κ3) is 3.53. The van der Waals surface area contributed by atoms with Crippen LogP contribution in [0.4, 0.5) is 0 Å². The van der Waals surface area contributed by atoms with E-state index in [1.807, 2.05) is 7.05 Å². The van der Waals surface area contributed by atoms with Crippen molar-refractivity contribution in [3.05, 3.63) is 0 Å². The number of nitrogens with zero attached hydrogens (tertiary/aromatic N) is 1. The fourth-order valence-electron chi connectivity index (χ4n) is 2.47. The number of nitrogens with one attached hydrogen (secondary N) is 1. The van der Waals surface area contributed by atoms with Crippen LogP contribution in [0.25, 0.3) is 0 Å². The molecule has 4 nitrogen and oxygen atoms in total. The van der Waals surface area contributed by atoms with E-state index >= 15 is 0 Å². The Morgan fingerprint density at radius 1 is 1.41 bits per heavy atom. The van der Waals surface area contributed by atoms with E-state index in [0.29, 0.717) is 5.92 Å². The minimum absolute atomic E-state index is 0.0823. The van der Waals surface area contributed by atoms with Crippen molar-refractivity contribution in [2.75, 3.05) is 13.6 Å². The molecule has 1 fully saturated rings. The van der Waals surface area contributed by atoms with Crippen molar-refractivity contribution >= 4 is 11.7 Å². The minimum atomic E-state index is -0.189. The summed E-state index contributed by atoms with van der Waals surface area (Å²) < 4.78 is 0. The molecule has 1 saturated heterocycles. The molecule has 2 atom stereocenters. The quantitative estimate of drug-likeness (QED) is 0.785. The van der Waals surface area contributed by atoms with Crippen LogP contribution >= 0.6 is 0 Å². The first-order chi connectivity index (χ1) is 7.97. The average Bonchev–Trinajstić information content (AvgIpc) is 2.73. The Bertz CT molecular complexity index is 289. The number of ketones is 1. The van der Waals surface area contributed by atoms with Crippen LogP contribution in [0.5, 0.6) is 0 Å². The third-order valence-electron chi connectivity index (χ3n) is 3.36. The second kappa shape index (κ2) is 6.15. The van der Waals surface area contributed by atoms with Gasteiger partial charge in [-0.05, 0) is 39.2 Å². The highest BCUT2D eigenvalue weighted by Gasteiger charge is 2.34. The van der Waals surface area contributed by atoms with Crippen molar-refractivity contribution in [2.24, 2.45) is 5.92 Å². The summed E-state index contributed by atoms with van der Waals surface area (Å²) >= 11 is 0. The minimum Gasteiger partial charge on any atom is -0.331 e. The smallest absolute Gasteiger partial charge is 0.240 e. The Morgan fingerprint density at radius 3 is 2.53 bits per heavy atom. The zero-order valence-electron chi connectivity index (χ0n) is 11.3. The van der Waals surface area contributed by atoms with Crippen LogP contribution in [0.15, 0.2) is 0 Å². The molecule has 0 aromatic heterocycles. The second-order valence-electron chi connectivity index (χ2n) is 5.27. The number of carbonyl (C=O) groups is 2. The molecule has 0 aromatic carbocycles. The van der Waals surface area contributed by atoms with Gasteiger partial charge in [0, 0.05) is 6.54 Å². The van der Waals surface area contributed by atoms with Gasteiger partial charge in [0.25, 0.3) is 0 Å². The first-order valence-electron chi connectivity index (χ1n) is 6.45. The molecule has 1 heterocycles. The molecule has 1 aliphatic heterocycles. The lowest BCUT2D eigenvalue weighted by Gasteiger charge is -2.28. The predicted molar refractivity (Wildman–Crippen MR) is 67.7 cm³/mol. The molecule has 0 bridgehead atoms. The summed E-state index contributed by atoms with van der Waals surface area (Å²) in [6.45, 7) is 6.50. The first kappa shape index (κ1) is 14.2. The van der Waals surface area contributed by atoms with Gasteiger partial charge in [0.2, 0.25) is 5.91 Å². The summed E-state index contributed by atoms with van der Waals surface area (Å²) in [6, 6.07) is -0.347. The van der Waals surface area contributed by atoms with E-state index in [1.54, 1.807) is 11.8 Å². The van der Waals surface area contributed by atoms with Gasteiger partial charge in [-0.25, -0.2) is 0 Å². The molecule has 98 valence electrons. The molecule has 0 spiro atoms. The van der Waals surface area contributed by atoms with E-state index in [9.17, 15) is 9.59 Å². The molecule has 0 aromatic rings. The number of carbonyl (C=O) groups excluding carboxylic acids is 2. The topological polar surface area (TPSA) is 49.4 Å². The SMILES string of the molecule is CN[C@@H](CC(C)C)C(=O)N1CCC[C@H]1C(C)=O. The van der Waals surface area contributed by atoms with Gasteiger partial charge in [0.1, 0.15) is 0 Å². The maximum atomic E-state index is 12.3. The van der Waals surface area contributed by atoms with Crippen molar-refractivity contribution in [1.82, 2.24) is 10.2 Å². The summed E-state index contributed by atoms with van der Waals surface area (Å²) in [6.07, 6.45) is 2.57. The van der Waals surface area contributed by atoms with Crippen molar-refractivity contribution < 1.29 is 9.59 Å². The zero-order valence-corrected chi connectivity index (χ0v) is 11.3. The van der Waals surface area contributed by atoms with Crippen LogP contribution < -0.4 is 5.32 Å². The highest BCUT2D eigenvalue weighted by atomic mass is 16.2. The number of likely N-dealkylation sites (tertiary alicyclic amines) is 1. The van der Waals surface area contributed by atoms with Gasteiger partial charge in [-0.3, -0.25) is 9.59 Å². The number of likely N-dealkylation sites (N-methyl/N-ethyl adjacent to an activating group) is 1. The Labute approximate surface area is 104 Å². The standard InChI is InChI=1S/C13H24N2O2/c1-9(2)8-11(14-4)13(17)15-7-5-6-12(15)10(3)16/h9,11-12,14H,5-8H2,1-4H3/t11-,12-/m0/s1. The molecular weight excluding hydrogens is 216 g/mol. The Hall–Kier alpha value is -0.900. The van der Waals surface area contributed by atoms with E-state index in [4.69, 9.17) is 0 Å². The molecule has 0 radical (unpaired) electrons. The largest absolute Gasteiger partial charge is 0.331 e. The molecule has 1 aliphatic rings. The van der Waals surface area contributed by atoms with E-state index in [2.05, 4.69) is 19.2 Å². The van der Waals surface area contributed by atoms with E-state index < -0.39 is 0 Å². The summed E-state index contributed by atoms with van der Waals surface area (Å²) in [4.78, 5) is 25.6. The number of Topliss-reactive ketones (excluding diaryl/α,β-unsaturated/α-hetero) is 1. The first-order valence-corrected chi connectivity index (χ1v) is 6.45. The van der Waals surface area contributed by atoms with Crippen LogP contribution in [0.1, 0.15) is 40.0 Å². The average molecular weight is 240 g/mol.